The van der Waals surface area contributed by atoms with Gasteiger partial charge in [-0.3, -0.25) is 4.79 Å². The zero-order chi connectivity index (χ0) is 16.6. The van der Waals surface area contributed by atoms with Gasteiger partial charge in [-0.05, 0) is 30.0 Å². The number of hydrogen-bond acceptors (Lipinski definition) is 3. The molecule has 0 saturated heterocycles. The molecule has 0 atom stereocenters. The Labute approximate surface area is 136 Å². The van der Waals surface area contributed by atoms with E-state index in [1.54, 1.807) is 13.0 Å². The first kappa shape index (κ1) is 15.3. The lowest BCUT2D eigenvalue weighted by Gasteiger charge is -2.25. The summed E-state index contributed by atoms with van der Waals surface area (Å²) in [6.45, 7) is 8.55. The zero-order valence-corrected chi connectivity index (χ0v) is 13.5. The first-order valence-electron chi connectivity index (χ1n) is 7.89. The summed E-state index contributed by atoms with van der Waals surface area (Å²) in [5, 5.41) is 10.2. The number of benzene rings is 2. The highest BCUT2D eigenvalue weighted by Gasteiger charge is 2.31. The minimum Gasteiger partial charge on any atom is -0.508 e. The quantitative estimate of drug-likeness (QED) is 0.723. The SMILES string of the molecule is C=C1c2ccccc2C(=O)c2c(OCCCC)cc(O)c(C)c21. The van der Waals surface area contributed by atoms with Crippen molar-refractivity contribution < 1.29 is 14.6 Å². The summed E-state index contributed by atoms with van der Waals surface area (Å²) >= 11 is 0. The van der Waals surface area contributed by atoms with Crippen molar-refractivity contribution in [3.63, 3.8) is 0 Å². The number of ether oxygens (including phenoxy) is 1. The van der Waals surface area contributed by atoms with Crippen LogP contribution in [-0.2, 0) is 0 Å². The lowest BCUT2D eigenvalue weighted by molar-refractivity contribution is 0.103. The largest absolute Gasteiger partial charge is 0.508 e. The Balaban J connectivity index is 2.20. The fourth-order valence-electron chi connectivity index (χ4n) is 3.00. The number of aromatic hydroxyl groups is 1. The Hall–Kier alpha value is -2.55. The summed E-state index contributed by atoms with van der Waals surface area (Å²) in [6.07, 6.45) is 1.90. The van der Waals surface area contributed by atoms with E-state index in [1.807, 2.05) is 24.3 Å². The van der Waals surface area contributed by atoms with Crippen LogP contribution in [-0.4, -0.2) is 17.5 Å². The molecule has 0 bridgehead atoms. The number of hydrogen-bond donors (Lipinski definition) is 1. The van der Waals surface area contributed by atoms with Gasteiger partial charge in [-0.25, -0.2) is 0 Å². The Morgan fingerprint density at radius 2 is 1.87 bits per heavy atom. The first-order chi connectivity index (χ1) is 11.1. The number of carbonyl (C=O) groups excluding carboxylic acids is 1. The van der Waals surface area contributed by atoms with Crippen molar-refractivity contribution in [2.75, 3.05) is 6.61 Å². The molecule has 3 nitrogen and oxygen atoms in total. The Kier molecular flexibility index (Phi) is 3.95. The van der Waals surface area contributed by atoms with Gasteiger partial charge in [0.05, 0.1) is 12.2 Å². The lowest BCUT2D eigenvalue weighted by Crippen LogP contribution is -2.17. The van der Waals surface area contributed by atoms with Crippen molar-refractivity contribution in [1.29, 1.82) is 0 Å². The topological polar surface area (TPSA) is 46.5 Å². The van der Waals surface area contributed by atoms with Gasteiger partial charge in [-0.15, -0.1) is 0 Å². The van der Waals surface area contributed by atoms with Crippen LogP contribution in [0.1, 0.15) is 52.4 Å². The van der Waals surface area contributed by atoms with Gasteiger partial charge < -0.3 is 9.84 Å². The Morgan fingerprint density at radius 3 is 2.57 bits per heavy atom. The predicted octanol–water partition coefficient (Wildman–Crippen LogP) is 4.49. The molecule has 0 radical (unpaired) electrons. The van der Waals surface area contributed by atoms with Crippen LogP contribution in [0.25, 0.3) is 5.57 Å². The molecule has 2 aromatic rings. The van der Waals surface area contributed by atoms with Crippen LogP contribution >= 0.6 is 0 Å². The maximum atomic E-state index is 13.0. The summed E-state index contributed by atoms with van der Waals surface area (Å²) in [7, 11) is 0. The third-order valence-corrected chi connectivity index (χ3v) is 4.30. The molecule has 1 aliphatic rings. The maximum Gasteiger partial charge on any atom is 0.198 e. The Morgan fingerprint density at radius 1 is 1.17 bits per heavy atom. The molecule has 0 aliphatic heterocycles. The Bertz CT molecular complexity index is 803. The molecular weight excluding hydrogens is 288 g/mol. The molecule has 118 valence electrons. The van der Waals surface area contributed by atoms with Crippen LogP contribution in [0.2, 0.25) is 0 Å². The summed E-state index contributed by atoms with van der Waals surface area (Å²) in [5.74, 6) is 0.499. The molecular formula is C20H20O3. The van der Waals surface area contributed by atoms with Crippen LogP contribution in [0.4, 0.5) is 0 Å². The van der Waals surface area contributed by atoms with Gasteiger partial charge >= 0.3 is 0 Å². The first-order valence-corrected chi connectivity index (χ1v) is 7.89. The smallest absolute Gasteiger partial charge is 0.198 e. The number of unbranched alkanes of at least 4 members (excludes halogenated alkanes) is 1. The van der Waals surface area contributed by atoms with Crippen LogP contribution in [0.15, 0.2) is 36.9 Å². The second-order valence-corrected chi connectivity index (χ2v) is 5.82. The standard InChI is InChI=1S/C20H20O3/c1-4-5-10-23-17-11-16(21)13(3)18-12(2)14-8-6-7-9-15(14)20(22)19(17)18/h6-9,11,21H,2,4-5,10H2,1,3H3. The van der Waals surface area contributed by atoms with Crippen LogP contribution in [0, 0.1) is 6.92 Å². The van der Waals surface area contributed by atoms with Gasteiger partial charge in [-0.1, -0.05) is 44.2 Å². The third kappa shape index (κ3) is 2.42. The van der Waals surface area contributed by atoms with Crippen molar-refractivity contribution in [3.05, 3.63) is 64.7 Å². The van der Waals surface area contributed by atoms with Gasteiger partial charge in [0.15, 0.2) is 5.78 Å². The zero-order valence-electron chi connectivity index (χ0n) is 13.5. The molecule has 0 fully saturated rings. The molecule has 3 rings (SSSR count). The van der Waals surface area contributed by atoms with Crippen molar-refractivity contribution in [2.45, 2.75) is 26.7 Å². The van der Waals surface area contributed by atoms with Crippen molar-refractivity contribution in [3.8, 4) is 11.5 Å². The van der Waals surface area contributed by atoms with E-state index < -0.39 is 0 Å². The van der Waals surface area contributed by atoms with Crippen molar-refractivity contribution in [1.82, 2.24) is 0 Å². The minimum atomic E-state index is -0.0717. The second kappa shape index (κ2) is 5.92. The van der Waals surface area contributed by atoms with Gasteiger partial charge in [0.2, 0.25) is 0 Å². The summed E-state index contributed by atoms with van der Waals surface area (Å²) in [6, 6.07) is 8.98. The van der Waals surface area contributed by atoms with Crippen LogP contribution in [0.5, 0.6) is 11.5 Å². The average Bonchev–Trinajstić information content (AvgIpc) is 2.56. The lowest BCUT2D eigenvalue weighted by atomic mass is 9.79. The predicted molar refractivity (Wildman–Crippen MR) is 91.3 cm³/mol. The van der Waals surface area contributed by atoms with E-state index in [4.69, 9.17) is 4.74 Å². The maximum absolute atomic E-state index is 13.0. The molecule has 1 aliphatic carbocycles. The highest BCUT2D eigenvalue weighted by atomic mass is 16.5. The number of carbonyl (C=O) groups is 1. The van der Waals surface area contributed by atoms with E-state index in [0.717, 1.165) is 24.0 Å². The minimum absolute atomic E-state index is 0.0717. The third-order valence-electron chi connectivity index (χ3n) is 4.30. The number of rotatable bonds is 4. The van der Waals surface area contributed by atoms with Crippen molar-refractivity contribution >= 4 is 11.4 Å². The van der Waals surface area contributed by atoms with E-state index in [0.29, 0.717) is 34.6 Å². The fraction of sp³-hybridized carbons (Fsp3) is 0.250. The van der Waals surface area contributed by atoms with Crippen LogP contribution < -0.4 is 4.74 Å². The van der Waals surface area contributed by atoms with Crippen molar-refractivity contribution in [2.24, 2.45) is 0 Å². The van der Waals surface area contributed by atoms with Gasteiger partial charge in [-0.2, -0.15) is 0 Å². The van der Waals surface area contributed by atoms with E-state index >= 15 is 0 Å². The molecule has 1 N–H and O–H groups in total. The van der Waals surface area contributed by atoms with E-state index in [2.05, 4.69) is 13.5 Å². The fourth-order valence-corrected chi connectivity index (χ4v) is 3.00. The molecule has 0 unspecified atom stereocenters. The van der Waals surface area contributed by atoms with E-state index in [9.17, 15) is 9.90 Å². The second-order valence-electron chi connectivity index (χ2n) is 5.82. The van der Waals surface area contributed by atoms with Crippen LogP contribution in [0.3, 0.4) is 0 Å². The highest BCUT2D eigenvalue weighted by molar-refractivity contribution is 6.20. The summed E-state index contributed by atoms with van der Waals surface area (Å²) in [5.41, 5.74) is 4.08. The molecule has 0 spiro atoms. The molecule has 0 aromatic heterocycles. The molecule has 0 saturated carbocycles. The molecule has 0 heterocycles. The molecule has 3 heteroatoms. The number of fused-ring (bicyclic) bond motifs is 2. The van der Waals surface area contributed by atoms with E-state index in [-0.39, 0.29) is 11.5 Å². The average molecular weight is 308 g/mol. The monoisotopic (exact) mass is 308 g/mol. The van der Waals surface area contributed by atoms with E-state index in [1.165, 1.54) is 0 Å². The summed E-state index contributed by atoms with van der Waals surface area (Å²) in [4.78, 5) is 13.0. The molecule has 2 aromatic carbocycles. The number of phenols is 1. The number of phenolic OH excluding ortho intramolecular Hbond substituents is 1. The van der Waals surface area contributed by atoms with Gasteiger partial charge in [0, 0.05) is 17.2 Å². The molecule has 23 heavy (non-hydrogen) atoms. The number of ketones is 1. The summed E-state index contributed by atoms with van der Waals surface area (Å²) < 4.78 is 5.79. The highest BCUT2D eigenvalue weighted by Crippen LogP contribution is 2.43. The van der Waals surface area contributed by atoms with Gasteiger partial charge in [0.1, 0.15) is 11.5 Å². The van der Waals surface area contributed by atoms with Gasteiger partial charge in [0.25, 0.3) is 0 Å². The molecule has 0 amide bonds. The normalized spacial score (nSPS) is 12.8.